The van der Waals surface area contributed by atoms with Crippen LogP contribution < -0.4 is 0 Å². The molecule has 2 fully saturated rings. The van der Waals surface area contributed by atoms with Crippen molar-refractivity contribution < 1.29 is 19.0 Å². The van der Waals surface area contributed by atoms with Gasteiger partial charge < -0.3 is 14.2 Å². The molecule has 0 aromatic carbocycles. The zero-order chi connectivity index (χ0) is 10.2. The maximum atomic E-state index is 11.1. The quantitative estimate of drug-likeness (QED) is 0.496. The molecule has 2 rings (SSSR count). The molecule has 2 saturated heterocycles. The molecule has 0 aromatic heterocycles. The molecule has 0 radical (unpaired) electrons. The van der Waals surface area contributed by atoms with E-state index in [1.807, 2.05) is 13.8 Å². The minimum absolute atomic E-state index is 0.0957. The number of carbonyl (C=O) groups is 1. The highest BCUT2D eigenvalue weighted by Crippen LogP contribution is 2.34. The molecule has 4 heteroatoms. The fourth-order valence-corrected chi connectivity index (χ4v) is 1.58. The third kappa shape index (κ3) is 2.25. The SMILES string of the molecule is CC1(C)CC(=O)OC1COCC1CO1. The van der Waals surface area contributed by atoms with Gasteiger partial charge in [0, 0.05) is 5.41 Å². The van der Waals surface area contributed by atoms with Crippen molar-refractivity contribution in [3.8, 4) is 0 Å². The number of hydrogen-bond acceptors (Lipinski definition) is 4. The van der Waals surface area contributed by atoms with Gasteiger partial charge >= 0.3 is 5.97 Å². The second-order valence-corrected chi connectivity index (χ2v) is 4.64. The normalized spacial score (nSPS) is 34.3. The zero-order valence-electron chi connectivity index (χ0n) is 8.62. The minimum Gasteiger partial charge on any atom is -0.459 e. The second kappa shape index (κ2) is 3.51. The lowest BCUT2D eigenvalue weighted by atomic mass is 9.86. The third-order valence-corrected chi connectivity index (χ3v) is 2.72. The Bertz CT molecular complexity index is 232. The van der Waals surface area contributed by atoms with Crippen LogP contribution in [0, 0.1) is 5.41 Å². The van der Waals surface area contributed by atoms with Gasteiger partial charge in [0.05, 0.1) is 26.2 Å². The molecule has 0 aliphatic carbocycles. The molecule has 2 aliphatic rings. The summed E-state index contributed by atoms with van der Waals surface area (Å²) in [5.41, 5.74) is -0.0957. The second-order valence-electron chi connectivity index (χ2n) is 4.64. The van der Waals surface area contributed by atoms with Gasteiger partial charge in [-0.15, -0.1) is 0 Å². The molecule has 0 amide bonds. The lowest BCUT2D eigenvalue weighted by Gasteiger charge is -2.23. The van der Waals surface area contributed by atoms with Crippen molar-refractivity contribution in [1.82, 2.24) is 0 Å². The minimum atomic E-state index is -0.119. The predicted molar refractivity (Wildman–Crippen MR) is 48.8 cm³/mol. The first-order valence-electron chi connectivity index (χ1n) is 4.97. The van der Waals surface area contributed by atoms with Crippen LogP contribution in [0.4, 0.5) is 0 Å². The van der Waals surface area contributed by atoms with Crippen LogP contribution in [0.1, 0.15) is 20.3 Å². The molecular weight excluding hydrogens is 184 g/mol. The summed E-state index contributed by atoms with van der Waals surface area (Å²) in [4.78, 5) is 11.1. The van der Waals surface area contributed by atoms with Crippen molar-refractivity contribution in [3.05, 3.63) is 0 Å². The van der Waals surface area contributed by atoms with E-state index in [4.69, 9.17) is 14.2 Å². The zero-order valence-corrected chi connectivity index (χ0v) is 8.62. The van der Waals surface area contributed by atoms with Crippen LogP contribution >= 0.6 is 0 Å². The molecule has 2 unspecified atom stereocenters. The summed E-state index contributed by atoms with van der Waals surface area (Å²) in [7, 11) is 0. The Morgan fingerprint density at radius 3 is 2.71 bits per heavy atom. The Balaban J connectivity index is 1.75. The van der Waals surface area contributed by atoms with Crippen LogP contribution in [0.5, 0.6) is 0 Å². The van der Waals surface area contributed by atoms with Gasteiger partial charge in [-0.1, -0.05) is 13.8 Å². The van der Waals surface area contributed by atoms with E-state index in [1.165, 1.54) is 0 Å². The summed E-state index contributed by atoms with van der Waals surface area (Å²) in [6, 6.07) is 0. The van der Waals surface area contributed by atoms with Gasteiger partial charge in [-0.05, 0) is 0 Å². The molecule has 2 heterocycles. The average Bonchev–Trinajstić information content (AvgIpc) is 2.80. The number of esters is 1. The van der Waals surface area contributed by atoms with Gasteiger partial charge in [0.2, 0.25) is 0 Å². The maximum absolute atomic E-state index is 11.1. The average molecular weight is 200 g/mol. The summed E-state index contributed by atoms with van der Waals surface area (Å²) in [6.07, 6.45) is 0.657. The summed E-state index contributed by atoms with van der Waals surface area (Å²) in [5, 5.41) is 0. The standard InChI is InChI=1S/C10H16O4/c1-10(2)3-9(11)14-8(10)6-12-4-7-5-13-7/h7-8H,3-6H2,1-2H3. The van der Waals surface area contributed by atoms with E-state index in [0.717, 1.165) is 6.61 Å². The van der Waals surface area contributed by atoms with Crippen LogP contribution in [0.2, 0.25) is 0 Å². The fraction of sp³-hybridized carbons (Fsp3) is 0.900. The largest absolute Gasteiger partial charge is 0.459 e. The van der Waals surface area contributed by atoms with Crippen LogP contribution in [0.3, 0.4) is 0 Å². The Hall–Kier alpha value is -0.610. The molecule has 2 atom stereocenters. The summed E-state index contributed by atoms with van der Waals surface area (Å²) >= 11 is 0. The van der Waals surface area contributed by atoms with E-state index < -0.39 is 0 Å². The van der Waals surface area contributed by atoms with Gasteiger partial charge in [0.15, 0.2) is 0 Å². The lowest BCUT2D eigenvalue weighted by molar-refractivity contribution is -0.144. The highest BCUT2D eigenvalue weighted by atomic mass is 16.6. The van der Waals surface area contributed by atoms with Gasteiger partial charge in [0.1, 0.15) is 12.2 Å². The van der Waals surface area contributed by atoms with E-state index in [9.17, 15) is 4.79 Å². The smallest absolute Gasteiger partial charge is 0.306 e. The molecule has 4 nitrogen and oxygen atoms in total. The van der Waals surface area contributed by atoms with Gasteiger partial charge in [-0.25, -0.2) is 0 Å². The molecule has 0 aromatic rings. The van der Waals surface area contributed by atoms with Crippen molar-refractivity contribution in [1.29, 1.82) is 0 Å². The maximum Gasteiger partial charge on any atom is 0.306 e. The number of rotatable bonds is 4. The summed E-state index contributed by atoms with van der Waals surface area (Å²) in [5.74, 6) is -0.119. The van der Waals surface area contributed by atoms with E-state index in [1.54, 1.807) is 0 Å². The summed E-state index contributed by atoms with van der Waals surface area (Å²) in [6.45, 7) is 5.95. The first-order valence-corrected chi connectivity index (χ1v) is 4.97. The van der Waals surface area contributed by atoms with Crippen molar-refractivity contribution in [2.24, 2.45) is 5.41 Å². The highest BCUT2D eigenvalue weighted by molar-refractivity contribution is 5.72. The molecule has 0 saturated carbocycles. The monoisotopic (exact) mass is 200 g/mol. The van der Waals surface area contributed by atoms with Crippen LogP contribution in [-0.2, 0) is 19.0 Å². The number of carbonyl (C=O) groups excluding carboxylic acids is 1. The molecule has 0 spiro atoms. The molecular formula is C10H16O4. The lowest BCUT2D eigenvalue weighted by Crippen LogP contribution is -2.29. The summed E-state index contributed by atoms with van der Waals surface area (Å²) < 4.78 is 15.6. The van der Waals surface area contributed by atoms with E-state index in [0.29, 0.717) is 19.6 Å². The molecule has 80 valence electrons. The first-order chi connectivity index (χ1) is 6.58. The predicted octanol–water partition coefficient (Wildman–Crippen LogP) is 0.743. The van der Waals surface area contributed by atoms with E-state index >= 15 is 0 Å². The Morgan fingerprint density at radius 1 is 1.50 bits per heavy atom. The van der Waals surface area contributed by atoms with Gasteiger partial charge in [-0.3, -0.25) is 4.79 Å². The highest BCUT2D eigenvalue weighted by Gasteiger charge is 2.42. The van der Waals surface area contributed by atoms with Crippen LogP contribution in [0.25, 0.3) is 0 Å². The van der Waals surface area contributed by atoms with Crippen LogP contribution in [0.15, 0.2) is 0 Å². The van der Waals surface area contributed by atoms with Crippen molar-refractivity contribution in [2.75, 3.05) is 19.8 Å². The van der Waals surface area contributed by atoms with Crippen molar-refractivity contribution in [2.45, 2.75) is 32.5 Å². The fourth-order valence-electron chi connectivity index (χ4n) is 1.58. The van der Waals surface area contributed by atoms with Crippen molar-refractivity contribution >= 4 is 5.97 Å². The number of cyclic esters (lactones) is 1. The van der Waals surface area contributed by atoms with E-state index in [-0.39, 0.29) is 23.6 Å². The van der Waals surface area contributed by atoms with Gasteiger partial charge in [0.25, 0.3) is 0 Å². The number of hydrogen-bond donors (Lipinski definition) is 0. The number of ether oxygens (including phenoxy) is 3. The molecule has 2 aliphatic heterocycles. The Morgan fingerprint density at radius 2 is 2.21 bits per heavy atom. The van der Waals surface area contributed by atoms with Crippen LogP contribution in [-0.4, -0.2) is 38.0 Å². The molecule has 14 heavy (non-hydrogen) atoms. The molecule has 0 N–H and O–H groups in total. The third-order valence-electron chi connectivity index (χ3n) is 2.72. The Kier molecular flexibility index (Phi) is 2.49. The molecule has 0 bridgehead atoms. The van der Waals surface area contributed by atoms with Crippen molar-refractivity contribution in [3.63, 3.8) is 0 Å². The van der Waals surface area contributed by atoms with E-state index in [2.05, 4.69) is 0 Å². The topological polar surface area (TPSA) is 48.1 Å². The first kappa shape index (κ1) is 9.93. The van der Waals surface area contributed by atoms with Gasteiger partial charge in [-0.2, -0.15) is 0 Å². The Labute approximate surface area is 83.5 Å². The number of epoxide rings is 1.